The molecule has 6 nitrogen and oxygen atoms in total. The molecule has 7 heteroatoms. The minimum absolute atomic E-state index is 0.00319. The van der Waals surface area contributed by atoms with Crippen LogP contribution in [0, 0.1) is 12.7 Å². The van der Waals surface area contributed by atoms with Crippen LogP contribution in [0.1, 0.15) is 30.9 Å². The summed E-state index contributed by atoms with van der Waals surface area (Å²) in [7, 11) is 0. The van der Waals surface area contributed by atoms with E-state index in [0.717, 1.165) is 16.9 Å². The van der Waals surface area contributed by atoms with Gasteiger partial charge in [-0.2, -0.15) is 0 Å². The van der Waals surface area contributed by atoms with E-state index in [1.54, 1.807) is 12.3 Å². The Morgan fingerprint density at radius 2 is 2.14 bits per heavy atom. The first-order valence-corrected chi connectivity index (χ1v) is 9.61. The first kappa shape index (κ1) is 19.5. The average Bonchev–Trinajstić information content (AvgIpc) is 3.17. The molecule has 1 saturated heterocycles. The number of halogens is 1. The molecule has 0 spiro atoms. The van der Waals surface area contributed by atoms with Gasteiger partial charge >= 0.3 is 0 Å². The summed E-state index contributed by atoms with van der Waals surface area (Å²) in [6, 6.07) is 10.0. The normalized spacial score (nSPS) is 22.7. The molecule has 1 fully saturated rings. The quantitative estimate of drug-likeness (QED) is 0.744. The Morgan fingerprint density at radius 1 is 1.31 bits per heavy atom. The topological polar surface area (TPSA) is 72.0 Å². The Balaban J connectivity index is 1.42. The Bertz CT molecular complexity index is 974. The number of hydrogen-bond donors (Lipinski definition) is 2. The van der Waals surface area contributed by atoms with Crippen molar-refractivity contribution < 1.29 is 18.7 Å². The standard InChI is InChI=1S/C22H24FN3O3/c1-13-8-15(5-7-19(13)25-10-16-12-28-22(2,3)29-16)24-11-18-17-9-14(23)4-6-20(17)26-21(18)27/h4-9,11,16,18,25H,10,12H2,1-3H3,(H,26,27). The van der Waals surface area contributed by atoms with Crippen LogP contribution in [0.2, 0.25) is 0 Å². The second-order valence-corrected chi connectivity index (χ2v) is 7.81. The fraction of sp³-hybridized carbons (Fsp3) is 0.364. The first-order valence-electron chi connectivity index (χ1n) is 9.61. The number of ether oxygens (including phenoxy) is 2. The van der Waals surface area contributed by atoms with Gasteiger partial charge in [-0.3, -0.25) is 9.79 Å². The summed E-state index contributed by atoms with van der Waals surface area (Å²) in [5.41, 5.74) is 3.98. The fourth-order valence-electron chi connectivity index (χ4n) is 3.58. The number of hydrogen-bond acceptors (Lipinski definition) is 5. The van der Waals surface area contributed by atoms with Crippen molar-refractivity contribution in [2.75, 3.05) is 23.8 Å². The van der Waals surface area contributed by atoms with Crippen LogP contribution in [0.15, 0.2) is 41.4 Å². The zero-order valence-corrected chi connectivity index (χ0v) is 16.7. The summed E-state index contributed by atoms with van der Waals surface area (Å²) in [6.45, 7) is 7.01. The van der Waals surface area contributed by atoms with Crippen molar-refractivity contribution in [1.82, 2.24) is 0 Å². The third-order valence-electron chi connectivity index (χ3n) is 5.06. The predicted molar refractivity (Wildman–Crippen MR) is 110 cm³/mol. The number of aryl methyl sites for hydroxylation is 1. The Hall–Kier alpha value is -2.77. The predicted octanol–water partition coefficient (Wildman–Crippen LogP) is 4.14. The van der Waals surface area contributed by atoms with Crippen LogP contribution in [-0.4, -0.2) is 37.2 Å². The highest BCUT2D eigenvalue weighted by molar-refractivity contribution is 6.12. The zero-order chi connectivity index (χ0) is 20.6. The van der Waals surface area contributed by atoms with Gasteiger partial charge in [0.05, 0.1) is 12.3 Å². The maximum absolute atomic E-state index is 13.5. The lowest BCUT2D eigenvalue weighted by Gasteiger charge is -2.18. The number of rotatable bonds is 5. The Labute approximate surface area is 169 Å². The molecule has 2 atom stereocenters. The number of nitrogens with one attached hydrogen (secondary N) is 2. The zero-order valence-electron chi connectivity index (χ0n) is 16.7. The molecular weight excluding hydrogens is 373 g/mol. The van der Waals surface area contributed by atoms with Gasteiger partial charge in [-0.1, -0.05) is 0 Å². The largest absolute Gasteiger partial charge is 0.382 e. The molecular formula is C22H24FN3O3. The lowest BCUT2D eigenvalue weighted by atomic mass is 10.0. The van der Waals surface area contributed by atoms with Crippen molar-refractivity contribution in [2.45, 2.75) is 38.6 Å². The van der Waals surface area contributed by atoms with Crippen LogP contribution in [-0.2, 0) is 14.3 Å². The maximum Gasteiger partial charge on any atom is 0.237 e. The van der Waals surface area contributed by atoms with Gasteiger partial charge in [0.25, 0.3) is 0 Å². The summed E-state index contributed by atoms with van der Waals surface area (Å²) >= 11 is 0. The average molecular weight is 397 g/mol. The van der Waals surface area contributed by atoms with Gasteiger partial charge in [0, 0.05) is 24.1 Å². The minimum atomic E-state index is -0.596. The van der Waals surface area contributed by atoms with E-state index in [4.69, 9.17) is 9.47 Å². The van der Waals surface area contributed by atoms with Gasteiger partial charge in [-0.05, 0) is 68.3 Å². The number of amides is 1. The van der Waals surface area contributed by atoms with E-state index < -0.39 is 11.7 Å². The number of nitrogens with zero attached hydrogens (tertiary/aromatic N) is 1. The lowest BCUT2D eigenvalue weighted by molar-refractivity contribution is -0.136. The van der Waals surface area contributed by atoms with Crippen LogP contribution >= 0.6 is 0 Å². The van der Waals surface area contributed by atoms with Crippen molar-refractivity contribution in [3.8, 4) is 0 Å². The summed E-state index contributed by atoms with van der Waals surface area (Å²) in [5, 5.41) is 6.13. The third kappa shape index (κ3) is 4.31. The summed E-state index contributed by atoms with van der Waals surface area (Å²) in [6.07, 6.45) is 1.57. The third-order valence-corrected chi connectivity index (χ3v) is 5.06. The second kappa shape index (κ2) is 7.57. The van der Waals surface area contributed by atoms with Gasteiger partial charge in [0.2, 0.25) is 5.91 Å². The molecule has 29 heavy (non-hydrogen) atoms. The van der Waals surface area contributed by atoms with Gasteiger partial charge in [-0.25, -0.2) is 4.39 Å². The van der Waals surface area contributed by atoms with E-state index in [-0.39, 0.29) is 17.8 Å². The summed E-state index contributed by atoms with van der Waals surface area (Å²) in [4.78, 5) is 16.6. The van der Waals surface area contributed by atoms with E-state index in [9.17, 15) is 9.18 Å². The van der Waals surface area contributed by atoms with Crippen molar-refractivity contribution in [1.29, 1.82) is 0 Å². The SMILES string of the molecule is Cc1cc(N=CC2C(=O)Nc3ccc(F)cc32)ccc1NCC1COC(C)(C)O1. The van der Waals surface area contributed by atoms with Gasteiger partial charge in [0.15, 0.2) is 5.79 Å². The van der Waals surface area contributed by atoms with E-state index in [1.165, 1.54) is 12.1 Å². The van der Waals surface area contributed by atoms with Crippen LogP contribution in [0.25, 0.3) is 0 Å². The highest BCUT2D eigenvalue weighted by atomic mass is 19.1. The monoisotopic (exact) mass is 397 g/mol. The number of carbonyl (C=O) groups is 1. The summed E-state index contributed by atoms with van der Waals surface area (Å²) in [5.74, 6) is -1.70. The fourth-order valence-corrected chi connectivity index (χ4v) is 3.58. The molecule has 2 aliphatic rings. The number of anilines is 2. The molecule has 0 aromatic heterocycles. The van der Waals surface area contributed by atoms with Crippen LogP contribution < -0.4 is 10.6 Å². The van der Waals surface area contributed by atoms with Crippen LogP contribution in [0.4, 0.5) is 21.5 Å². The van der Waals surface area contributed by atoms with E-state index in [0.29, 0.717) is 24.4 Å². The molecule has 2 N–H and O–H groups in total. The molecule has 1 amide bonds. The van der Waals surface area contributed by atoms with Crippen molar-refractivity contribution in [3.05, 3.63) is 53.3 Å². The van der Waals surface area contributed by atoms with Crippen molar-refractivity contribution >= 4 is 29.2 Å². The smallest absolute Gasteiger partial charge is 0.237 e. The highest BCUT2D eigenvalue weighted by Crippen LogP contribution is 2.32. The molecule has 2 aliphatic heterocycles. The molecule has 2 unspecified atom stereocenters. The van der Waals surface area contributed by atoms with E-state index >= 15 is 0 Å². The molecule has 2 heterocycles. The Kier molecular flexibility index (Phi) is 5.10. The molecule has 152 valence electrons. The number of aliphatic imine (C=N–C) groups is 1. The number of carbonyl (C=O) groups excluding carboxylic acids is 1. The van der Waals surface area contributed by atoms with Crippen molar-refractivity contribution in [2.24, 2.45) is 4.99 Å². The maximum atomic E-state index is 13.5. The van der Waals surface area contributed by atoms with Gasteiger partial charge < -0.3 is 20.1 Å². The minimum Gasteiger partial charge on any atom is -0.382 e. The van der Waals surface area contributed by atoms with Crippen LogP contribution in [0.5, 0.6) is 0 Å². The molecule has 2 aromatic carbocycles. The van der Waals surface area contributed by atoms with Gasteiger partial charge in [0.1, 0.15) is 17.8 Å². The van der Waals surface area contributed by atoms with E-state index in [2.05, 4.69) is 15.6 Å². The van der Waals surface area contributed by atoms with Crippen LogP contribution in [0.3, 0.4) is 0 Å². The highest BCUT2D eigenvalue weighted by Gasteiger charge is 2.32. The molecule has 2 aromatic rings. The second-order valence-electron chi connectivity index (χ2n) is 7.81. The Morgan fingerprint density at radius 3 is 2.86 bits per heavy atom. The first-order chi connectivity index (χ1) is 13.8. The summed E-state index contributed by atoms with van der Waals surface area (Å²) < 4.78 is 24.9. The molecule has 0 aliphatic carbocycles. The number of fused-ring (bicyclic) bond motifs is 1. The molecule has 0 saturated carbocycles. The lowest BCUT2D eigenvalue weighted by Crippen LogP contribution is -2.26. The molecule has 0 radical (unpaired) electrons. The molecule has 0 bridgehead atoms. The van der Waals surface area contributed by atoms with Crippen molar-refractivity contribution in [3.63, 3.8) is 0 Å². The van der Waals surface area contributed by atoms with Gasteiger partial charge in [-0.15, -0.1) is 0 Å². The number of benzene rings is 2. The van der Waals surface area contributed by atoms with E-state index in [1.807, 2.05) is 39.0 Å². The molecule has 4 rings (SSSR count).